The summed E-state index contributed by atoms with van der Waals surface area (Å²) in [5.74, 6) is 4.61. The van der Waals surface area contributed by atoms with Crippen LogP contribution in [-0.2, 0) is 9.53 Å². The summed E-state index contributed by atoms with van der Waals surface area (Å²) in [6.07, 6.45) is 0. The minimum Gasteiger partial charge on any atom is -0.467 e. The Morgan fingerprint density at radius 1 is 1.33 bits per heavy atom. The van der Waals surface area contributed by atoms with E-state index in [0.717, 1.165) is 0 Å². The molecule has 1 aromatic rings. The van der Waals surface area contributed by atoms with Crippen LogP contribution in [0, 0.1) is 27.4 Å². The molecule has 0 aliphatic rings. The number of methoxy groups -OCH3 is 1. The normalized spacial score (nSPS) is 11.7. The number of hydrogen-bond donors (Lipinski definition) is 1. The number of benzene rings is 1. The third-order valence-electron chi connectivity index (χ3n) is 2.93. The van der Waals surface area contributed by atoms with Crippen LogP contribution in [0.5, 0.6) is 0 Å². The van der Waals surface area contributed by atoms with E-state index in [-0.39, 0.29) is 22.2 Å². The highest BCUT2D eigenvalue weighted by Gasteiger charge is 2.20. The zero-order valence-corrected chi connectivity index (χ0v) is 14.3. The van der Waals surface area contributed by atoms with Crippen molar-refractivity contribution in [1.82, 2.24) is 5.32 Å². The standard InChI is InChI=1S/C17H20N2O5/c1-11(16(21)24-5)18-15(20)14-7-6-13(19(22)23)10-12(14)8-9-17(2,3)4/h6-7,10-11H,1-5H3,(H,18,20)/t11-/m0/s1. The average molecular weight is 332 g/mol. The molecule has 7 heteroatoms. The van der Waals surface area contributed by atoms with Crippen LogP contribution in [0.15, 0.2) is 18.2 Å². The van der Waals surface area contributed by atoms with Crippen LogP contribution in [0.3, 0.4) is 0 Å². The van der Waals surface area contributed by atoms with Gasteiger partial charge in [-0.15, -0.1) is 0 Å². The third-order valence-corrected chi connectivity index (χ3v) is 2.93. The Labute approximate surface area is 140 Å². The Bertz CT molecular complexity index is 723. The molecule has 0 radical (unpaired) electrons. The summed E-state index contributed by atoms with van der Waals surface area (Å²) in [5.41, 5.74) is -0.106. The van der Waals surface area contributed by atoms with E-state index >= 15 is 0 Å². The molecule has 1 aromatic carbocycles. The number of carbonyl (C=O) groups is 2. The highest BCUT2D eigenvalue weighted by molar-refractivity contribution is 5.99. The van der Waals surface area contributed by atoms with E-state index in [1.807, 2.05) is 20.8 Å². The molecule has 0 saturated carbocycles. The molecule has 0 spiro atoms. The molecule has 0 saturated heterocycles. The van der Waals surface area contributed by atoms with Gasteiger partial charge in [0.15, 0.2) is 0 Å². The van der Waals surface area contributed by atoms with Gasteiger partial charge in [-0.05, 0) is 33.8 Å². The van der Waals surface area contributed by atoms with Crippen molar-refractivity contribution in [2.75, 3.05) is 7.11 Å². The van der Waals surface area contributed by atoms with Crippen LogP contribution in [0.2, 0.25) is 0 Å². The van der Waals surface area contributed by atoms with Gasteiger partial charge in [0, 0.05) is 23.1 Å². The van der Waals surface area contributed by atoms with Crippen molar-refractivity contribution in [2.45, 2.75) is 33.7 Å². The van der Waals surface area contributed by atoms with E-state index < -0.39 is 22.8 Å². The van der Waals surface area contributed by atoms with Crippen molar-refractivity contribution < 1.29 is 19.2 Å². The van der Waals surface area contributed by atoms with Gasteiger partial charge in [-0.25, -0.2) is 4.79 Å². The Balaban J connectivity index is 3.25. The molecule has 7 nitrogen and oxygen atoms in total. The van der Waals surface area contributed by atoms with E-state index in [4.69, 9.17) is 0 Å². The van der Waals surface area contributed by atoms with Gasteiger partial charge in [-0.3, -0.25) is 14.9 Å². The van der Waals surface area contributed by atoms with Crippen LogP contribution in [0.25, 0.3) is 0 Å². The first-order chi connectivity index (χ1) is 11.0. The first-order valence-corrected chi connectivity index (χ1v) is 7.25. The lowest BCUT2D eigenvalue weighted by Crippen LogP contribution is -2.39. The van der Waals surface area contributed by atoms with Gasteiger partial charge in [-0.2, -0.15) is 0 Å². The highest BCUT2D eigenvalue weighted by atomic mass is 16.6. The van der Waals surface area contributed by atoms with Crippen LogP contribution in [0.4, 0.5) is 5.69 Å². The number of carbonyl (C=O) groups excluding carboxylic acids is 2. The zero-order chi connectivity index (χ0) is 18.5. The smallest absolute Gasteiger partial charge is 0.328 e. The molecule has 0 aliphatic carbocycles. The maximum atomic E-state index is 12.3. The van der Waals surface area contributed by atoms with E-state index in [1.54, 1.807) is 0 Å². The summed E-state index contributed by atoms with van der Waals surface area (Å²) in [6.45, 7) is 7.14. The zero-order valence-electron chi connectivity index (χ0n) is 14.3. The lowest BCUT2D eigenvalue weighted by atomic mass is 9.96. The predicted molar refractivity (Wildman–Crippen MR) is 88.4 cm³/mol. The number of nitro benzene ring substituents is 1. The Hall–Kier alpha value is -2.88. The summed E-state index contributed by atoms with van der Waals surface area (Å²) in [6, 6.07) is 2.95. The van der Waals surface area contributed by atoms with Crippen molar-refractivity contribution in [3.05, 3.63) is 39.4 Å². The van der Waals surface area contributed by atoms with Crippen LogP contribution < -0.4 is 5.32 Å². The van der Waals surface area contributed by atoms with E-state index in [1.165, 1.54) is 32.2 Å². The summed E-state index contributed by atoms with van der Waals surface area (Å²) in [7, 11) is 1.22. The molecule has 128 valence electrons. The number of amides is 1. The molecule has 0 fully saturated rings. The van der Waals surface area contributed by atoms with Gasteiger partial charge in [0.05, 0.1) is 17.6 Å². The molecular formula is C17H20N2O5. The highest BCUT2D eigenvalue weighted by Crippen LogP contribution is 2.19. The maximum absolute atomic E-state index is 12.3. The van der Waals surface area contributed by atoms with Crippen LogP contribution in [-0.4, -0.2) is 30.0 Å². The molecule has 0 unspecified atom stereocenters. The van der Waals surface area contributed by atoms with Crippen LogP contribution >= 0.6 is 0 Å². The maximum Gasteiger partial charge on any atom is 0.328 e. The fraction of sp³-hybridized carbons (Fsp3) is 0.412. The lowest BCUT2D eigenvalue weighted by molar-refractivity contribution is -0.384. The van der Waals surface area contributed by atoms with Crippen molar-refractivity contribution >= 4 is 17.6 Å². The largest absolute Gasteiger partial charge is 0.467 e. The number of non-ortho nitro benzene ring substituents is 1. The summed E-state index contributed by atoms with van der Waals surface area (Å²) in [4.78, 5) is 34.1. The average Bonchev–Trinajstić information content (AvgIpc) is 2.50. The topological polar surface area (TPSA) is 98.5 Å². The van der Waals surface area contributed by atoms with Gasteiger partial charge in [0.2, 0.25) is 0 Å². The Kier molecular flexibility index (Phi) is 6.07. The van der Waals surface area contributed by atoms with Crippen molar-refractivity contribution in [3.8, 4) is 11.8 Å². The third kappa shape index (κ3) is 5.39. The summed E-state index contributed by atoms with van der Waals surface area (Å²) in [5, 5.41) is 13.4. The second-order valence-electron chi connectivity index (χ2n) is 6.21. The first kappa shape index (κ1) is 19.2. The van der Waals surface area contributed by atoms with E-state index in [0.29, 0.717) is 0 Å². The summed E-state index contributed by atoms with van der Waals surface area (Å²) >= 11 is 0. The molecule has 1 atom stereocenters. The fourth-order valence-electron chi connectivity index (χ4n) is 1.71. The number of hydrogen-bond acceptors (Lipinski definition) is 5. The number of rotatable bonds is 4. The molecule has 1 rings (SSSR count). The number of nitrogens with one attached hydrogen (secondary N) is 1. The monoisotopic (exact) mass is 332 g/mol. The lowest BCUT2D eigenvalue weighted by Gasteiger charge is -2.13. The number of nitrogens with zero attached hydrogens (tertiary/aromatic N) is 1. The van der Waals surface area contributed by atoms with Gasteiger partial charge in [-0.1, -0.05) is 11.8 Å². The van der Waals surface area contributed by atoms with Gasteiger partial charge >= 0.3 is 5.97 Å². The molecule has 0 bridgehead atoms. The van der Waals surface area contributed by atoms with Gasteiger partial charge in [0.25, 0.3) is 11.6 Å². The molecular weight excluding hydrogens is 312 g/mol. The second-order valence-corrected chi connectivity index (χ2v) is 6.21. The molecule has 0 aromatic heterocycles. The molecule has 24 heavy (non-hydrogen) atoms. The van der Waals surface area contributed by atoms with Crippen molar-refractivity contribution in [3.63, 3.8) is 0 Å². The molecule has 0 aliphatic heterocycles. The molecule has 1 amide bonds. The number of ether oxygens (including phenoxy) is 1. The van der Waals surface area contributed by atoms with E-state index in [9.17, 15) is 19.7 Å². The minimum absolute atomic E-state index is 0.160. The van der Waals surface area contributed by atoms with Gasteiger partial charge < -0.3 is 10.1 Å². The van der Waals surface area contributed by atoms with Gasteiger partial charge in [0.1, 0.15) is 6.04 Å². The molecule has 0 heterocycles. The van der Waals surface area contributed by atoms with E-state index in [2.05, 4.69) is 21.9 Å². The molecule has 1 N–H and O–H groups in total. The van der Waals surface area contributed by atoms with Crippen molar-refractivity contribution in [1.29, 1.82) is 0 Å². The first-order valence-electron chi connectivity index (χ1n) is 7.25. The quantitative estimate of drug-likeness (QED) is 0.395. The summed E-state index contributed by atoms with van der Waals surface area (Å²) < 4.78 is 4.55. The fourth-order valence-corrected chi connectivity index (χ4v) is 1.71. The number of esters is 1. The predicted octanol–water partition coefficient (Wildman–Crippen LogP) is 2.28. The number of nitro groups is 1. The second kappa shape index (κ2) is 7.59. The Morgan fingerprint density at radius 2 is 1.96 bits per heavy atom. The Morgan fingerprint density at radius 3 is 2.46 bits per heavy atom. The van der Waals surface area contributed by atoms with Crippen molar-refractivity contribution in [2.24, 2.45) is 5.41 Å². The van der Waals surface area contributed by atoms with Crippen LogP contribution in [0.1, 0.15) is 43.6 Å². The minimum atomic E-state index is -0.846. The SMILES string of the molecule is COC(=O)[C@H](C)NC(=O)c1ccc([N+](=O)[O-])cc1C#CC(C)(C)C.